The average molecular weight is 607 g/mol. The van der Waals surface area contributed by atoms with Crippen LogP contribution in [0.4, 0.5) is 13.2 Å². The molecule has 11 heteroatoms. The SMILES string of the molecule is NC(=O)c1cc(OCc2ccccc2-c2ccc(C(F)(F)F)cc2)n(CC(=O)NC2CCCCC2OCc2ccccc2)n1. The maximum Gasteiger partial charge on any atom is 0.416 e. The van der Waals surface area contributed by atoms with Gasteiger partial charge in [0.1, 0.15) is 13.2 Å². The Morgan fingerprint density at radius 1 is 0.932 bits per heavy atom. The van der Waals surface area contributed by atoms with Crippen molar-refractivity contribution in [3.63, 3.8) is 0 Å². The number of hydrogen-bond acceptors (Lipinski definition) is 5. The van der Waals surface area contributed by atoms with Gasteiger partial charge in [-0.3, -0.25) is 9.59 Å². The van der Waals surface area contributed by atoms with E-state index in [1.165, 1.54) is 22.9 Å². The summed E-state index contributed by atoms with van der Waals surface area (Å²) in [5.74, 6) is -0.947. The normalized spacial score (nSPS) is 16.8. The molecule has 0 saturated heterocycles. The molecule has 0 bridgehead atoms. The second-order valence-electron chi connectivity index (χ2n) is 10.7. The largest absolute Gasteiger partial charge is 0.473 e. The van der Waals surface area contributed by atoms with Gasteiger partial charge in [0.15, 0.2) is 5.69 Å². The van der Waals surface area contributed by atoms with Crippen LogP contribution < -0.4 is 15.8 Å². The van der Waals surface area contributed by atoms with Gasteiger partial charge in [0, 0.05) is 6.07 Å². The van der Waals surface area contributed by atoms with Crippen molar-refractivity contribution < 1.29 is 32.2 Å². The second-order valence-corrected chi connectivity index (χ2v) is 10.7. The lowest BCUT2D eigenvalue weighted by atomic mass is 9.92. The summed E-state index contributed by atoms with van der Waals surface area (Å²) in [5.41, 5.74) is 7.66. The van der Waals surface area contributed by atoms with Crippen molar-refractivity contribution in [1.82, 2.24) is 15.1 Å². The van der Waals surface area contributed by atoms with E-state index in [2.05, 4.69) is 10.4 Å². The molecule has 2 unspecified atom stereocenters. The summed E-state index contributed by atoms with van der Waals surface area (Å²) in [7, 11) is 0. The lowest BCUT2D eigenvalue weighted by Crippen LogP contribution is -2.47. The number of rotatable bonds is 11. The highest BCUT2D eigenvalue weighted by molar-refractivity contribution is 5.91. The van der Waals surface area contributed by atoms with Crippen molar-refractivity contribution in [3.8, 4) is 17.0 Å². The van der Waals surface area contributed by atoms with Crippen molar-refractivity contribution >= 4 is 11.8 Å². The van der Waals surface area contributed by atoms with E-state index < -0.39 is 17.6 Å². The predicted molar refractivity (Wildman–Crippen MR) is 157 cm³/mol. The van der Waals surface area contributed by atoms with Crippen LogP contribution in [0.3, 0.4) is 0 Å². The Bertz CT molecular complexity index is 1570. The number of amides is 2. The van der Waals surface area contributed by atoms with Crippen molar-refractivity contribution in [3.05, 3.63) is 107 Å². The van der Waals surface area contributed by atoms with E-state index in [0.717, 1.165) is 43.4 Å². The second kappa shape index (κ2) is 13.8. The summed E-state index contributed by atoms with van der Waals surface area (Å²) >= 11 is 0. The van der Waals surface area contributed by atoms with E-state index in [0.29, 0.717) is 23.3 Å². The summed E-state index contributed by atoms with van der Waals surface area (Å²) in [6.45, 7) is 0.233. The number of hydrogen-bond donors (Lipinski definition) is 2. The number of nitrogens with zero attached hydrogens (tertiary/aromatic N) is 2. The lowest BCUT2D eigenvalue weighted by Gasteiger charge is -2.32. The van der Waals surface area contributed by atoms with Gasteiger partial charge in [-0.2, -0.15) is 18.3 Å². The Kier molecular flexibility index (Phi) is 9.64. The number of nitrogens with one attached hydrogen (secondary N) is 1. The summed E-state index contributed by atoms with van der Waals surface area (Å²) in [5, 5.41) is 7.24. The Labute approximate surface area is 253 Å². The fraction of sp³-hybridized carbons (Fsp3) is 0.303. The van der Waals surface area contributed by atoms with Gasteiger partial charge in [0.05, 0.1) is 24.3 Å². The van der Waals surface area contributed by atoms with Crippen LogP contribution in [0, 0.1) is 0 Å². The van der Waals surface area contributed by atoms with Crippen molar-refractivity contribution in [2.45, 2.75) is 63.8 Å². The molecule has 1 aliphatic rings. The predicted octanol–water partition coefficient (Wildman–Crippen LogP) is 5.89. The van der Waals surface area contributed by atoms with Crippen molar-refractivity contribution in [2.24, 2.45) is 5.73 Å². The van der Waals surface area contributed by atoms with Gasteiger partial charge in [0.2, 0.25) is 11.8 Å². The Morgan fingerprint density at radius 3 is 2.36 bits per heavy atom. The molecule has 3 aromatic carbocycles. The number of halogens is 3. The molecule has 1 aliphatic carbocycles. The first-order valence-electron chi connectivity index (χ1n) is 14.4. The zero-order valence-electron chi connectivity index (χ0n) is 23.9. The van der Waals surface area contributed by atoms with E-state index in [-0.39, 0.29) is 42.8 Å². The fourth-order valence-corrected chi connectivity index (χ4v) is 5.30. The molecule has 8 nitrogen and oxygen atoms in total. The number of nitrogens with two attached hydrogens (primary N) is 1. The average Bonchev–Trinajstić information content (AvgIpc) is 3.42. The zero-order chi connectivity index (χ0) is 31.1. The van der Waals surface area contributed by atoms with Gasteiger partial charge in [-0.25, -0.2) is 4.68 Å². The van der Waals surface area contributed by atoms with Gasteiger partial charge in [0.25, 0.3) is 5.91 Å². The van der Waals surface area contributed by atoms with Gasteiger partial charge in [-0.15, -0.1) is 0 Å². The van der Waals surface area contributed by atoms with E-state index >= 15 is 0 Å². The molecule has 1 saturated carbocycles. The minimum atomic E-state index is -4.43. The van der Waals surface area contributed by atoms with Crippen LogP contribution in [0.15, 0.2) is 84.9 Å². The maximum absolute atomic E-state index is 13.2. The third kappa shape index (κ3) is 7.84. The van der Waals surface area contributed by atoms with E-state index in [1.807, 2.05) is 30.3 Å². The number of benzene rings is 3. The number of primary amides is 1. The van der Waals surface area contributed by atoms with Crippen LogP contribution in [0.2, 0.25) is 0 Å². The highest BCUT2D eigenvalue weighted by Gasteiger charge is 2.30. The molecule has 4 aromatic rings. The number of carbonyl (C=O) groups is 2. The van der Waals surface area contributed by atoms with E-state index in [4.69, 9.17) is 15.2 Å². The highest BCUT2D eigenvalue weighted by Crippen LogP contribution is 2.32. The summed E-state index contributed by atoms with van der Waals surface area (Å²) in [4.78, 5) is 25.1. The first kappa shape index (κ1) is 30.8. The monoisotopic (exact) mass is 606 g/mol. The quantitative estimate of drug-likeness (QED) is 0.221. The molecule has 44 heavy (non-hydrogen) atoms. The molecular weight excluding hydrogens is 573 g/mol. The molecule has 2 amide bonds. The topological polar surface area (TPSA) is 108 Å². The van der Waals surface area contributed by atoms with Crippen molar-refractivity contribution in [2.75, 3.05) is 0 Å². The minimum Gasteiger partial charge on any atom is -0.473 e. The molecule has 230 valence electrons. The van der Waals surface area contributed by atoms with Gasteiger partial charge < -0.3 is 20.5 Å². The maximum atomic E-state index is 13.2. The molecule has 5 rings (SSSR count). The minimum absolute atomic E-state index is 0.000729. The molecule has 0 spiro atoms. The standard InChI is InChI=1S/C33H33F3N4O4/c34-33(35,36)25-16-14-23(15-17-25)26-11-5-4-10-24(26)21-44-31-18-28(32(37)42)39-40(31)19-30(41)38-27-12-6-7-13-29(27)43-20-22-8-2-1-3-9-22/h1-5,8-11,14-18,27,29H,6-7,12-13,19-21H2,(H2,37,42)(H,38,41). The van der Waals surface area contributed by atoms with Crippen LogP contribution in [-0.2, 0) is 35.5 Å². The Hall–Kier alpha value is -4.64. The van der Waals surface area contributed by atoms with E-state index in [1.54, 1.807) is 24.3 Å². The molecule has 2 atom stereocenters. The van der Waals surface area contributed by atoms with E-state index in [9.17, 15) is 22.8 Å². The van der Waals surface area contributed by atoms with Gasteiger partial charge in [-0.1, -0.05) is 79.6 Å². The van der Waals surface area contributed by atoms with Crippen LogP contribution in [0.1, 0.15) is 52.9 Å². The number of carbonyl (C=O) groups excluding carboxylic acids is 2. The smallest absolute Gasteiger partial charge is 0.416 e. The van der Waals surface area contributed by atoms with Gasteiger partial charge >= 0.3 is 6.18 Å². The van der Waals surface area contributed by atoms with Gasteiger partial charge in [-0.05, 0) is 47.2 Å². The summed E-state index contributed by atoms with van der Waals surface area (Å²) in [6.07, 6.45) is -0.977. The summed E-state index contributed by atoms with van der Waals surface area (Å²) < 4.78 is 52.6. The molecule has 0 aliphatic heterocycles. The molecule has 3 N–H and O–H groups in total. The fourth-order valence-electron chi connectivity index (χ4n) is 5.30. The molecule has 1 heterocycles. The van der Waals surface area contributed by atoms with Crippen molar-refractivity contribution in [1.29, 1.82) is 0 Å². The Morgan fingerprint density at radius 2 is 1.64 bits per heavy atom. The molecule has 1 aromatic heterocycles. The first-order valence-corrected chi connectivity index (χ1v) is 14.4. The van der Waals surface area contributed by atoms with Crippen LogP contribution in [-0.4, -0.2) is 33.7 Å². The third-order valence-electron chi connectivity index (χ3n) is 7.56. The lowest BCUT2D eigenvalue weighted by molar-refractivity contribution is -0.137. The molecule has 0 radical (unpaired) electrons. The van der Waals surface area contributed by atoms with Crippen LogP contribution in [0.25, 0.3) is 11.1 Å². The van der Waals surface area contributed by atoms with Crippen LogP contribution >= 0.6 is 0 Å². The third-order valence-corrected chi connectivity index (χ3v) is 7.56. The Balaban J connectivity index is 1.26. The highest BCUT2D eigenvalue weighted by atomic mass is 19.4. The van der Waals surface area contributed by atoms with Crippen LogP contribution in [0.5, 0.6) is 5.88 Å². The summed E-state index contributed by atoms with van der Waals surface area (Å²) in [6, 6.07) is 23.0. The number of alkyl halides is 3. The molecular formula is C33H33F3N4O4. The molecule has 1 fully saturated rings. The first-order chi connectivity index (χ1) is 21.2. The number of aromatic nitrogens is 2. The zero-order valence-corrected chi connectivity index (χ0v) is 23.9. The number of ether oxygens (including phenoxy) is 2.